The molecule has 6 heteroatoms. The molecule has 1 fully saturated rings. The minimum atomic E-state index is 0.250. The summed E-state index contributed by atoms with van der Waals surface area (Å²) in [6, 6.07) is 1.06. The maximum absolute atomic E-state index is 8.91. The Hall–Kier alpha value is -1.14. The van der Waals surface area contributed by atoms with Gasteiger partial charge in [0.05, 0.1) is 6.54 Å². The van der Waals surface area contributed by atoms with Crippen molar-refractivity contribution >= 4 is 6.01 Å². The maximum atomic E-state index is 8.91. The van der Waals surface area contributed by atoms with Crippen molar-refractivity contribution in [3.63, 3.8) is 0 Å². The van der Waals surface area contributed by atoms with E-state index in [2.05, 4.69) is 20.4 Å². The van der Waals surface area contributed by atoms with E-state index in [1.165, 1.54) is 0 Å². The van der Waals surface area contributed by atoms with Gasteiger partial charge in [0.1, 0.15) is 0 Å². The van der Waals surface area contributed by atoms with Gasteiger partial charge in [-0.05, 0) is 32.2 Å². The van der Waals surface area contributed by atoms with Crippen molar-refractivity contribution in [1.82, 2.24) is 15.5 Å². The van der Waals surface area contributed by atoms with E-state index < -0.39 is 0 Å². The minimum absolute atomic E-state index is 0.250. The third kappa shape index (κ3) is 3.20. The van der Waals surface area contributed by atoms with Crippen molar-refractivity contribution in [2.75, 3.05) is 24.6 Å². The molecule has 0 aromatic carbocycles. The summed E-state index contributed by atoms with van der Waals surface area (Å²) in [6.07, 6.45) is 4.12. The smallest absolute Gasteiger partial charge is 0.318 e. The average Bonchev–Trinajstić information content (AvgIpc) is 3.02. The molecule has 0 bridgehead atoms. The highest BCUT2D eigenvalue weighted by Crippen LogP contribution is 2.26. The second kappa shape index (κ2) is 6.70. The second-order valence-corrected chi connectivity index (χ2v) is 4.61. The first-order valence-corrected chi connectivity index (χ1v) is 6.75. The van der Waals surface area contributed by atoms with Gasteiger partial charge in [0.15, 0.2) is 0 Å². The molecule has 1 unspecified atom stereocenters. The molecule has 2 N–H and O–H groups in total. The lowest BCUT2D eigenvalue weighted by atomic mass is 10.1. The van der Waals surface area contributed by atoms with Gasteiger partial charge < -0.3 is 19.7 Å². The Bertz CT molecular complexity index is 356. The van der Waals surface area contributed by atoms with Crippen LogP contribution in [0, 0.1) is 0 Å². The Morgan fingerprint density at radius 2 is 2.39 bits per heavy atom. The minimum Gasteiger partial charge on any atom is -0.407 e. The van der Waals surface area contributed by atoms with Crippen LogP contribution in [0.1, 0.15) is 38.5 Å². The Kier molecular flexibility index (Phi) is 4.95. The standard InChI is InChI=1S/C12H22N4O2/c1-2-13-9-11-14-15-12(18-11)16-7-3-5-10(16)6-4-8-17/h10,13,17H,2-9H2,1H3. The van der Waals surface area contributed by atoms with E-state index in [9.17, 15) is 0 Å². The Morgan fingerprint density at radius 1 is 1.50 bits per heavy atom. The monoisotopic (exact) mass is 254 g/mol. The second-order valence-electron chi connectivity index (χ2n) is 4.61. The number of aliphatic hydroxyl groups excluding tert-OH is 1. The van der Waals surface area contributed by atoms with Crippen LogP contribution in [0.15, 0.2) is 4.42 Å². The molecular formula is C12H22N4O2. The normalized spacial score (nSPS) is 19.7. The molecule has 102 valence electrons. The fourth-order valence-electron chi connectivity index (χ4n) is 2.38. The number of anilines is 1. The number of nitrogens with zero attached hydrogens (tertiary/aromatic N) is 3. The fraction of sp³-hybridized carbons (Fsp3) is 0.833. The lowest BCUT2D eigenvalue weighted by Gasteiger charge is -2.21. The van der Waals surface area contributed by atoms with E-state index in [-0.39, 0.29) is 6.61 Å². The molecule has 1 aliphatic heterocycles. The molecule has 0 aliphatic carbocycles. The Morgan fingerprint density at radius 3 is 3.17 bits per heavy atom. The summed E-state index contributed by atoms with van der Waals surface area (Å²) in [4.78, 5) is 2.18. The van der Waals surface area contributed by atoms with Crippen LogP contribution < -0.4 is 10.2 Å². The quantitative estimate of drug-likeness (QED) is 0.753. The van der Waals surface area contributed by atoms with E-state index in [0.29, 0.717) is 24.5 Å². The van der Waals surface area contributed by atoms with Gasteiger partial charge in [-0.2, -0.15) is 0 Å². The van der Waals surface area contributed by atoms with Crippen LogP contribution in [-0.2, 0) is 6.54 Å². The number of aromatic nitrogens is 2. The molecule has 0 spiro atoms. The van der Waals surface area contributed by atoms with Crippen molar-refractivity contribution in [2.45, 2.75) is 45.2 Å². The van der Waals surface area contributed by atoms with Gasteiger partial charge in [-0.1, -0.05) is 12.0 Å². The van der Waals surface area contributed by atoms with Crippen LogP contribution in [0.5, 0.6) is 0 Å². The number of aliphatic hydroxyl groups is 1. The lowest BCUT2D eigenvalue weighted by molar-refractivity contribution is 0.279. The molecule has 0 radical (unpaired) electrons. The molecule has 1 atom stereocenters. The topological polar surface area (TPSA) is 74.4 Å². The van der Waals surface area contributed by atoms with E-state index in [0.717, 1.165) is 38.8 Å². The van der Waals surface area contributed by atoms with Crippen LogP contribution in [0.25, 0.3) is 0 Å². The predicted octanol–water partition coefficient (Wildman–Crippen LogP) is 0.920. The van der Waals surface area contributed by atoms with E-state index in [1.54, 1.807) is 0 Å². The number of hydrogen-bond donors (Lipinski definition) is 2. The van der Waals surface area contributed by atoms with Crippen LogP contribution in [-0.4, -0.2) is 41.0 Å². The summed E-state index contributed by atoms with van der Waals surface area (Å²) >= 11 is 0. The first-order valence-electron chi connectivity index (χ1n) is 6.75. The van der Waals surface area contributed by atoms with E-state index >= 15 is 0 Å². The summed E-state index contributed by atoms with van der Waals surface area (Å²) in [5, 5.41) is 20.2. The SMILES string of the molecule is CCNCc1nnc(N2CCCC2CCCO)o1. The highest BCUT2D eigenvalue weighted by atomic mass is 16.4. The van der Waals surface area contributed by atoms with Gasteiger partial charge in [-0.15, -0.1) is 5.10 Å². The molecule has 6 nitrogen and oxygen atoms in total. The molecule has 18 heavy (non-hydrogen) atoms. The highest BCUT2D eigenvalue weighted by Gasteiger charge is 2.28. The lowest BCUT2D eigenvalue weighted by Crippen LogP contribution is -2.29. The summed E-state index contributed by atoms with van der Waals surface area (Å²) in [5.41, 5.74) is 0. The largest absolute Gasteiger partial charge is 0.407 e. The van der Waals surface area contributed by atoms with Crippen LogP contribution >= 0.6 is 0 Å². The number of hydrogen-bond acceptors (Lipinski definition) is 6. The molecule has 0 amide bonds. The zero-order valence-corrected chi connectivity index (χ0v) is 10.9. The number of nitrogens with one attached hydrogen (secondary N) is 1. The van der Waals surface area contributed by atoms with Crippen LogP contribution in [0.2, 0.25) is 0 Å². The first-order chi connectivity index (χ1) is 8.85. The molecule has 1 aromatic rings. The zero-order chi connectivity index (χ0) is 12.8. The first kappa shape index (κ1) is 13.3. The molecular weight excluding hydrogens is 232 g/mol. The summed E-state index contributed by atoms with van der Waals surface area (Å²) in [7, 11) is 0. The van der Waals surface area contributed by atoms with Crippen LogP contribution in [0.3, 0.4) is 0 Å². The fourth-order valence-corrected chi connectivity index (χ4v) is 2.38. The average molecular weight is 254 g/mol. The molecule has 1 aromatic heterocycles. The zero-order valence-electron chi connectivity index (χ0n) is 10.9. The molecule has 2 rings (SSSR count). The summed E-state index contributed by atoms with van der Waals surface area (Å²) in [5.74, 6) is 0.639. The van der Waals surface area contributed by atoms with Gasteiger partial charge in [0, 0.05) is 19.2 Å². The van der Waals surface area contributed by atoms with Gasteiger partial charge in [0.25, 0.3) is 0 Å². The Balaban J connectivity index is 1.94. The molecule has 0 saturated carbocycles. The molecule has 2 heterocycles. The van der Waals surface area contributed by atoms with E-state index in [4.69, 9.17) is 9.52 Å². The Labute approximate surface area is 107 Å². The van der Waals surface area contributed by atoms with Gasteiger partial charge in [-0.25, -0.2) is 0 Å². The summed E-state index contributed by atoms with van der Waals surface area (Å²) in [6.45, 7) is 4.78. The third-order valence-corrected chi connectivity index (χ3v) is 3.30. The summed E-state index contributed by atoms with van der Waals surface area (Å²) < 4.78 is 5.66. The van der Waals surface area contributed by atoms with Crippen molar-refractivity contribution in [2.24, 2.45) is 0 Å². The van der Waals surface area contributed by atoms with Crippen molar-refractivity contribution in [3.05, 3.63) is 5.89 Å². The molecule has 1 aliphatic rings. The van der Waals surface area contributed by atoms with Gasteiger partial charge >= 0.3 is 6.01 Å². The van der Waals surface area contributed by atoms with Crippen molar-refractivity contribution < 1.29 is 9.52 Å². The maximum Gasteiger partial charge on any atom is 0.318 e. The van der Waals surface area contributed by atoms with Crippen molar-refractivity contribution in [3.8, 4) is 0 Å². The van der Waals surface area contributed by atoms with Gasteiger partial charge in [-0.3, -0.25) is 0 Å². The van der Waals surface area contributed by atoms with E-state index in [1.807, 2.05) is 6.92 Å². The van der Waals surface area contributed by atoms with Crippen molar-refractivity contribution in [1.29, 1.82) is 0 Å². The third-order valence-electron chi connectivity index (χ3n) is 3.30. The molecule has 1 saturated heterocycles. The predicted molar refractivity (Wildman–Crippen MR) is 68.4 cm³/mol. The van der Waals surface area contributed by atoms with Crippen LogP contribution in [0.4, 0.5) is 6.01 Å². The highest BCUT2D eigenvalue weighted by molar-refractivity contribution is 5.28. The van der Waals surface area contributed by atoms with Gasteiger partial charge in [0.2, 0.25) is 5.89 Å². The number of rotatable bonds is 7.